The van der Waals surface area contributed by atoms with Crippen LogP contribution in [0.2, 0.25) is 0 Å². The largest absolute Gasteiger partial charge is 0.452 e. The van der Waals surface area contributed by atoms with E-state index in [1.807, 2.05) is 34.5 Å². The quantitative estimate of drug-likeness (QED) is 0.154. The maximum Gasteiger partial charge on any atom is 0.213 e. The number of nitrogens with zero attached hydrogens (tertiary/aromatic N) is 21. The van der Waals surface area contributed by atoms with Crippen LogP contribution in [0.25, 0.3) is 0 Å². The molecule has 0 aliphatic heterocycles. The zero-order valence-corrected chi connectivity index (χ0v) is 83.9. The average Bonchev–Trinajstić information content (AvgIpc) is 1.83. The van der Waals surface area contributed by atoms with Crippen molar-refractivity contribution in [2.45, 2.75) is 269 Å². The minimum Gasteiger partial charge on any atom is -0.452 e. The molecule has 0 aliphatic carbocycles. The third kappa shape index (κ3) is 297. The predicted molar refractivity (Wildman–Crippen MR) is 503 cm³/mol. The molecule has 13 aromatic rings. The van der Waals surface area contributed by atoms with Crippen LogP contribution in [0.3, 0.4) is 0 Å². The van der Waals surface area contributed by atoms with Crippen LogP contribution in [-0.2, 0) is 0 Å². The van der Waals surface area contributed by atoms with Crippen molar-refractivity contribution in [3.8, 4) is 0 Å². The summed E-state index contributed by atoms with van der Waals surface area (Å²) in [5.74, 6) is 10.5. The van der Waals surface area contributed by atoms with Crippen LogP contribution in [0.5, 0.6) is 0 Å². The minimum atomic E-state index is 0.522. The van der Waals surface area contributed by atoms with Crippen LogP contribution in [0.15, 0.2) is 212 Å². The van der Waals surface area contributed by atoms with E-state index in [2.05, 4.69) is 394 Å². The number of oxazole rings is 1. The summed E-state index contributed by atoms with van der Waals surface area (Å²) < 4.78 is 36.1. The third-order valence-corrected chi connectivity index (χ3v) is 7.83. The first-order chi connectivity index (χ1) is 55.1. The Hall–Kier alpha value is -8.37. The number of hydrogen-bond acceptors (Lipinski definition) is 31. The van der Waals surface area contributed by atoms with Crippen LogP contribution < -0.4 is 0 Å². The van der Waals surface area contributed by atoms with Gasteiger partial charge in [0.2, 0.25) is 19.2 Å². The van der Waals surface area contributed by atoms with E-state index in [4.69, 9.17) is 0 Å². The first-order valence-corrected chi connectivity index (χ1v) is 44.2. The second kappa shape index (κ2) is 126. The van der Waals surface area contributed by atoms with E-state index in [9.17, 15) is 0 Å². The summed E-state index contributed by atoms with van der Waals surface area (Å²) in [5, 5.41) is 38.6. The van der Waals surface area contributed by atoms with Gasteiger partial charge >= 0.3 is 0 Å². The van der Waals surface area contributed by atoms with Gasteiger partial charge in [-0.15, -0.1) is 53.3 Å². The van der Waals surface area contributed by atoms with Gasteiger partial charge in [0.1, 0.15) is 35.4 Å². The van der Waals surface area contributed by atoms with Crippen LogP contribution >= 0.6 is 69.0 Å². The normalized spacial score (nSPS) is 8.57. The van der Waals surface area contributed by atoms with E-state index in [0.717, 1.165) is 76.7 Å². The van der Waals surface area contributed by atoms with Gasteiger partial charge in [0.15, 0.2) is 12.7 Å². The van der Waals surface area contributed by atoms with E-state index in [0.29, 0.717) is 5.92 Å². The summed E-state index contributed by atoms with van der Waals surface area (Å²) in [6.45, 7) is 82.2. The van der Waals surface area contributed by atoms with E-state index in [-0.39, 0.29) is 0 Å². The highest BCUT2D eigenvalue weighted by Crippen LogP contribution is 2.09. The number of rotatable bonds is 1. The van der Waals surface area contributed by atoms with Crippen molar-refractivity contribution < 1.29 is 17.9 Å². The lowest BCUT2D eigenvalue weighted by molar-refractivity contribution is 0.393. The Morgan fingerprint density at radius 3 is 0.940 bits per heavy atom. The van der Waals surface area contributed by atoms with Gasteiger partial charge in [0, 0.05) is 83.4 Å². The molecule has 0 saturated carbocycles. The summed E-state index contributed by atoms with van der Waals surface area (Å²) in [6.07, 6.45) is 36.1. The lowest BCUT2D eigenvalue weighted by Gasteiger charge is -1.92. The van der Waals surface area contributed by atoms with Gasteiger partial charge in [0.05, 0.1) is 54.0 Å². The fraction of sp³-hybridized carbons (Fsp3) is 0.607. The number of aromatic amines is 2. The molecule has 13 aromatic heterocycles. The minimum absolute atomic E-state index is 0.522. The van der Waals surface area contributed by atoms with E-state index in [1.54, 1.807) is 114 Å². The molecule has 2 N–H and O–H groups in total. The maximum absolute atomic E-state index is 4.47. The smallest absolute Gasteiger partial charge is 0.213 e. The Labute approximate surface area is 734 Å². The summed E-state index contributed by atoms with van der Waals surface area (Å²) in [4.78, 5) is 28.2. The molecule has 0 bridgehead atoms. The van der Waals surface area contributed by atoms with Gasteiger partial charge in [-0.3, -0.25) is 20.1 Å². The number of nitrogens with one attached hydrogen (secondary N) is 2. The Morgan fingerprint density at radius 2 is 0.821 bits per heavy atom. The number of aromatic nitrogens is 23. The summed E-state index contributed by atoms with van der Waals surface area (Å²) >= 11 is 8.53. The van der Waals surface area contributed by atoms with Crippen molar-refractivity contribution in [1.29, 1.82) is 0 Å². The highest BCUT2D eigenvalue weighted by molar-refractivity contribution is 7.07. The van der Waals surface area contributed by atoms with E-state index in [1.165, 1.54) is 115 Å². The molecule has 13 rings (SSSR count). The molecule has 0 amide bonds. The highest BCUT2D eigenvalue weighted by atomic mass is 32.1. The first kappa shape index (κ1) is 135. The molecule has 33 heteroatoms. The molecular formula is C84H161N23O4S6. The van der Waals surface area contributed by atoms with Crippen molar-refractivity contribution in [3.63, 3.8) is 0 Å². The molecule has 0 unspecified atom stereocenters. The molecule has 27 nitrogen and oxygen atoms in total. The predicted octanol–water partition coefficient (Wildman–Crippen LogP) is 27.7. The van der Waals surface area contributed by atoms with Gasteiger partial charge in [0.25, 0.3) is 0 Å². The van der Waals surface area contributed by atoms with Gasteiger partial charge in [-0.05, 0) is 124 Å². The monoisotopic (exact) mass is 1750 g/mol. The maximum atomic E-state index is 4.47. The Bertz CT molecular complexity index is 2260. The van der Waals surface area contributed by atoms with Gasteiger partial charge in [-0.1, -0.05) is 273 Å². The molecule has 672 valence electrons. The Kier molecular flexibility index (Phi) is 145. The van der Waals surface area contributed by atoms with Gasteiger partial charge in [-0.25, -0.2) is 24.3 Å². The zero-order valence-electron chi connectivity index (χ0n) is 79.0. The van der Waals surface area contributed by atoms with Crippen molar-refractivity contribution in [1.82, 2.24) is 113 Å². The van der Waals surface area contributed by atoms with Gasteiger partial charge < -0.3 is 22.9 Å². The zero-order chi connectivity index (χ0) is 92.0. The highest BCUT2D eigenvalue weighted by Gasteiger charge is 1.99. The number of H-pyrrole nitrogens is 2. The fourth-order valence-electron chi connectivity index (χ4n) is 2.45. The number of hydrogen-bond donors (Lipinski definition) is 2. The lowest BCUT2D eigenvalue weighted by Crippen LogP contribution is -1.83. The number of imidazole rings is 1. The number of thiazole rings is 1. The molecule has 0 spiro atoms. The van der Waals surface area contributed by atoms with Crippen LogP contribution in [-0.4, -0.2) is 113 Å². The molecule has 0 aromatic carbocycles. The molecule has 0 aliphatic rings. The SMILES string of the molecule is CC(C)C.CC(C)C.CC(C)C.CC(C)C.CC(C)C.CC(C)C.CC(C)C.CC(C)C.CC(C)C.CC(C)C.CC(C)C.CC(C)C.CC(C)c1cnsn1.c1c[nH]cn1.c1cn[nH]c1.c1cnccn1.c1cnsc1.c1cocn1.c1conn1.c1cscn1.c1csnn1.c1ncon1.c1ncsn1.c1nnco1.c1nncs1. The standard InChI is InChI=1S/C5H8N2S.C4H4N2.12C4H10.2C3H4N2.C3H3NO.2C3H3NS.3C2H2N2O.3C2H2N2S/c1-4(2)5-3-6-8-7-5;1-2-6-4-3-5-1;12*1-4(2)3;1-2-5-3-4-1;1-2-4-5-3-1;2*1-2-5-3-4-1;1-2-4-5-3-1;1-3-4-2-5-1;1-3-2-5-4-1;1-2-5-4-3-1;1-3-4-2-5-1;1-3-2-5-4-1;1-2-5-4-3-1/h3-4H,1-2H3;1-4H;12*4H,1-3H3;2*1-3H,(H,4,5);3*1-3H;6*1-2H. The summed E-state index contributed by atoms with van der Waals surface area (Å²) in [7, 11) is 0. The fourth-order valence-corrected chi connectivity index (χ4v) is 4.53. The topological polar surface area (TPSA) is 355 Å². The van der Waals surface area contributed by atoms with Crippen molar-refractivity contribution in [2.24, 2.45) is 71.0 Å². The van der Waals surface area contributed by atoms with Crippen LogP contribution in [0.1, 0.15) is 275 Å². The third-order valence-electron chi connectivity index (χ3n) is 5.00. The van der Waals surface area contributed by atoms with Crippen molar-refractivity contribution in [2.75, 3.05) is 0 Å². The second-order valence-electron chi connectivity index (χ2n) is 30.7. The van der Waals surface area contributed by atoms with E-state index >= 15 is 0 Å². The average molecular weight is 1750 g/mol. The molecule has 0 saturated heterocycles. The first-order valence-electron chi connectivity index (χ1n) is 39.1. The van der Waals surface area contributed by atoms with E-state index < -0.39 is 0 Å². The summed E-state index contributed by atoms with van der Waals surface area (Å²) in [5.41, 5.74) is 7.93. The Balaban J connectivity index is -0.0000000984. The van der Waals surface area contributed by atoms with Crippen molar-refractivity contribution in [3.05, 3.63) is 200 Å². The lowest BCUT2D eigenvalue weighted by atomic mass is 10.2. The summed E-state index contributed by atoms with van der Waals surface area (Å²) in [6, 6.07) is 3.74. The Morgan fingerprint density at radius 1 is 0.316 bits per heavy atom. The molecule has 0 fully saturated rings. The van der Waals surface area contributed by atoms with Crippen LogP contribution in [0, 0.1) is 71.0 Å². The molecular weight excluding hydrogens is 1590 g/mol. The molecule has 0 radical (unpaired) electrons. The van der Waals surface area contributed by atoms with Gasteiger partial charge in [-0.2, -0.15) is 18.2 Å². The second-order valence-corrected chi connectivity index (χ2v) is 34.7. The molecule has 13 heterocycles. The molecule has 0 atom stereocenters. The van der Waals surface area contributed by atoms with Crippen molar-refractivity contribution >= 4 is 69.0 Å². The van der Waals surface area contributed by atoms with Crippen LogP contribution in [0.4, 0.5) is 0 Å². The molecule has 117 heavy (non-hydrogen) atoms.